The first kappa shape index (κ1) is 23.3. The lowest BCUT2D eigenvalue weighted by Gasteiger charge is -2.25. The van der Waals surface area contributed by atoms with E-state index in [1.54, 1.807) is 0 Å². The maximum atomic E-state index is 14.1. The quantitative estimate of drug-likeness (QED) is 0.230. The number of ether oxygens (including phenoxy) is 1. The van der Waals surface area contributed by atoms with Crippen molar-refractivity contribution in [1.82, 2.24) is 15.0 Å². The van der Waals surface area contributed by atoms with Gasteiger partial charge in [-0.1, -0.05) is 12.1 Å². The van der Waals surface area contributed by atoms with E-state index < -0.39 is 23.4 Å². The second-order valence-corrected chi connectivity index (χ2v) is 6.75. The number of aliphatic hydroxyl groups is 2. The zero-order chi connectivity index (χ0) is 24.3. The highest BCUT2D eigenvalue weighted by Crippen LogP contribution is 2.29. The van der Waals surface area contributed by atoms with Crippen molar-refractivity contribution in [3.63, 3.8) is 0 Å². The Morgan fingerprint density at radius 2 is 1.82 bits per heavy atom. The number of nitrogens with zero attached hydrogens (tertiary/aromatic N) is 4. The minimum absolute atomic E-state index is 0.00720. The van der Waals surface area contributed by atoms with Crippen LogP contribution in [0.25, 0.3) is 0 Å². The number of methoxy groups -OCH3 is 1. The number of nitrogens with one attached hydrogen (secondary N) is 2. The minimum Gasteiger partial charge on any atom is -0.452 e. The van der Waals surface area contributed by atoms with E-state index in [2.05, 4.69) is 25.0 Å². The van der Waals surface area contributed by atoms with E-state index in [0.717, 1.165) is 11.0 Å². The molecule has 0 saturated carbocycles. The molecule has 1 aromatic carbocycles. The molecule has 2 heterocycles. The third kappa shape index (κ3) is 4.63. The molecule has 3 rings (SSSR count). The number of hydrogen-bond donors (Lipinski definition) is 6. The number of aromatic nitrogens is 3. The number of amides is 1. The van der Waals surface area contributed by atoms with Crippen molar-refractivity contribution in [3.8, 4) is 0 Å². The number of nitrogens with two attached hydrogens (primary N) is 2. The van der Waals surface area contributed by atoms with Crippen molar-refractivity contribution in [2.75, 3.05) is 35.8 Å². The molecule has 2 aromatic heterocycles. The molecule has 172 valence electrons. The molecule has 0 spiro atoms. The Morgan fingerprint density at radius 1 is 1.18 bits per heavy atom. The topological polar surface area (TPSA) is 197 Å². The van der Waals surface area contributed by atoms with Crippen molar-refractivity contribution < 1.29 is 24.1 Å². The lowest BCUT2D eigenvalue weighted by Crippen LogP contribution is -2.36. The van der Waals surface area contributed by atoms with Gasteiger partial charge in [0.15, 0.2) is 17.5 Å². The van der Waals surface area contributed by atoms with E-state index in [4.69, 9.17) is 16.9 Å². The Morgan fingerprint density at radius 3 is 2.42 bits per heavy atom. The average molecular weight is 456 g/mol. The van der Waals surface area contributed by atoms with Crippen LogP contribution in [0.1, 0.15) is 17.0 Å². The van der Waals surface area contributed by atoms with Crippen molar-refractivity contribution >= 4 is 34.9 Å². The van der Waals surface area contributed by atoms with Crippen LogP contribution in [0.15, 0.2) is 42.6 Å². The molecule has 8 N–H and O–H groups in total. The molecule has 33 heavy (non-hydrogen) atoms. The molecule has 0 bridgehead atoms. The van der Waals surface area contributed by atoms with Crippen LogP contribution in [0.2, 0.25) is 0 Å². The Labute approximate surface area is 187 Å². The van der Waals surface area contributed by atoms with Crippen LogP contribution < -0.4 is 21.7 Å². The van der Waals surface area contributed by atoms with Crippen molar-refractivity contribution in [2.45, 2.75) is 5.91 Å². The summed E-state index contributed by atoms with van der Waals surface area (Å²) in [6.45, 7) is 0. The van der Waals surface area contributed by atoms with Gasteiger partial charge < -0.3 is 31.7 Å². The second-order valence-electron chi connectivity index (χ2n) is 6.75. The third-order valence-corrected chi connectivity index (χ3v) is 4.56. The smallest absolute Gasteiger partial charge is 0.413 e. The molecule has 0 atom stereocenters. The number of pyridine rings is 1. The molecule has 0 aliphatic rings. The van der Waals surface area contributed by atoms with E-state index in [-0.39, 0.29) is 40.2 Å². The molecule has 0 saturated heterocycles. The van der Waals surface area contributed by atoms with Gasteiger partial charge in [0.2, 0.25) is 0 Å². The number of benzene rings is 1. The van der Waals surface area contributed by atoms with Crippen LogP contribution >= 0.6 is 0 Å². The first-order valence-electron chi connectivity index (χ1n) is 9.33. The predicted molar refractivity (Wildman–Crippen MR) is 118 cm³/mol. The largest absolute Gasteiger partial charge is 0.452 e. The zero-order valence-electron chi connectivity index (χ0n) is 17.6. The second kappa shape index (κ2) is 9.02. The summed E-state index contributed by atoms with van der Waals surface area (Å²) in [6.07, 6.45) is 0.572. The van der Waals surface area contributed by atoms with Gasteiger partial charge in [0.05, 0.1) is 12.7 Å². The van der Waals surface area contributed by atoms with Gasteiger partial charge in [-0.05, 0) is 24.3 Å². The number of halogens is 1. The lowest BCUT2D eigenvalue weighted by molar-refractivity contribution is -0.146. The van der Waals surface area contributed by atoms with Gasteiger partial charge in [0, 0.05) is 18.8 Å². The molecular formula is C20H21FN8O4. The van der Waals surface area contributed by atoms with Crippen molar-refractivity contribution in [2.24, 2.45) is 0 Å². The van der Waals surface area contributed by atoms with Gasteiger partial charge in [-0.3, -0.25) is 10.3 Å². The summed E-state index contributed by atoms with van der Waals surface area (Å²) in [4.78, 5) is 24.9. The fourth-order valence-corrected chi connectivity index (χ4v) is 2.98. The molecule has 0 aliphatic carbocycles. The van der Waals surface area contributed by atoms with Gasteiger partial charge >= 0.3 is 6.09 Å². The summed E-state index contributed by atoms with van der Waals surface area (Å²) in [6, 6.07) is 7.97. The minimum atomic E-state index is -2.85. The van der Waals surface area contributed by atoms with E-state index in [0.29, 0.717) is 0 Å². The molecule has 0 unspecified atom stereocenters. The van der Waals surface area contributed by atoms with Crippen LogP contribution in [0.3, 0.4) is 0 Å². The normalized spacial score (nSPS) is 11.1. The summed E-state index contributed by atoms with van der Waals surface area (Å²) in [5, 5.41) is 31.7. The number of carbonyl (C=O) groups excluding carboxylic acids is 1. The Balaban J connectivity index is 1.98. The highest BCUT2D eigenvalue weighted by atomic mass is 19.1. The molecular weight excluding hydrogens is 435 g/mol. The molecule has 0 fully saturated rings. The fraction of sp³-hybridized carbons (Fsp3) is 0.150. The van der Waals surface area contributed by atoms with Crippen LogP contribution in [0.4, 0.5) is 32.3 Å². The summed E-state index contributed by atoms with van der Waals surface area (Å²) in [7, 11) is 2.53. The Kier molecular flexibility index (Phi) is 6.37. The molecule has 12 nitrogen and oxygen atoms in total. The summed E-state index contributed by atoms with van der Waals surface area (Å²) >= 11 is 0. The van der Waals surface area contributed by atoms with Gasteiger partial charge in [-0.2, -0.15) is 0 Å². The molecule has 13 heteroatoms. The van der Waals surface area contributed by atoms with Crippen LogP contribution in [0, 0.1) is 11.2 Å². The molecule has 0 radical (unpaired) electrons. The van der Waals surface area contributed by atoms with E-state index in [1.807, 2.05) is 0 Å². The van der Waals surface area contributed by atoms with Crippen molar-refractivity contribution in [3.05, 3.63) is 65.4 Å². The molecule has 3 aromatic rings. The summed E-state index contributed by atoms with van der Waals surface area (Å²) < 4.78 is 18.7. The number of hydrogen-bond acceptors (Lipinski definition) is 11. The first-order chi connectivity index (χ1) is 15.6. The van der Waals surface area contributed by atoms with Gasteiger partial charge in [0.1, 0.15) is 23.0 Å². The first-order valence-corrected chi connectivity index (χ1v) is 9.33. The third-order valence-electron chi connectivity index (χ3n) is 4.56. The molecule has 0 aliphatic heterocycles. The number of nitrogen functional groups attached to an aromatic ring is 2. The number of rotatable bonds is 6. The van der Waals surface area contributed by atoms with Crippen LogP contribution in [0.5, 0.6) is 0 Å². The van der Waals surface area contributed by atoms with Gasteiger partial charge in [-0.15, -0.1) is 0 Å². The summed E-state index contributed by atoms with van der Waals surface area (Å²) in [5.41, 5.74) is 11.1. The number of anilines is 4. The standard InChI is InChI=1S/C20H21FN8O4/c1-29(19(30)33-2)14-15(23)26-18(27-16(14)24)13(22)10-6-5-9-25-17(10)28-20(31,32)11-7-3-4-8-12(11)21/h3-9,22,31-32H,1-2H3,(H,25,28)(H4,23,24,26,27). The lowest BCUT2D eigenvalue weighted by atomic mass is 10.1. The van der Waals surface area contributed by atoms with Crippen LogP contribution in [-0.4, -0.2) is 51.1 Å². The predicted octanol–water partition coefficient (Wildman–Crippen LogP) is 1.00. The highest BCUT2D eigenvalue weighted by Gasteiger charge is 2.31. The average Bonchev–Trinajstić information content (AvgIpc) is 2.77. The SMILES string of the molecule is COC(=O)N(C)c1c(N)nc(C(=N)c2cccnc2NC(O)(O)c2ccccc2F)nc1N. The van der Waals surface area contributed by atoms with Gasteiger partial charge in [0.25, 0.3) is 5.91 Å². The monoisotopic (exact) mass is 456 g/mol. The maximum Gasteiger partial charge on any atom is 0.413 e. The molecule has 1 amide bonds. The summed E-state index contributed by atoms with van der Waals surface area (Å²) in [5.74, 6) is -4.50. The number of carbonyl (C=O) groups is 1. The van der Waals surface area contributed by atoms with E-state index in [9.17, 15) is 19.4 Å². The van der Waals surface area contributed by atoms with Crippen LogP contribution in [-0.2, 0) is 10.6 Å². The zero-order valence-corrected chi connectivity index (χ0v) is 17.6. The fourth-order valence-electron chi connectivity index (χ4n) is 2.98. The van der Waals surface area contributed by atoms with Crippen molar-refractivity contribution in [1.29, 1.82) is 5.41 Å². The highest BCUT2D eigenvalue weighted by molar-refractivity contribution is 6.12. The Hall–Kier alpha value is -4.36. The van der Waals surface area contributed by atoms with E-state index in [1.165, 1.54) is 50.7 Å². The Bertz CT molecular complexity index is 1200. The van der Waals surface area contributed by atoms with E-state index >= 15 is 0 Å². The van der Waals surface area contributed by atoms with Gasteiger partial charge in [-0.25, -0.2) is 24.1 Å². The maximum absolute atomic E-state index is 14.1.